The number of hydrogen-bond donors (Lipinski definition) is 2. The van der Waals surface area contributed by atoms with Crippen molar-refractivity contribution in [1.29, 1.82) is 0 Å². The highest BCUT2D eigenvalue weighted by Gasteiger charge is 2.70. The predicted octanol–water partition coefficient (Wildman–Crippen LogP) is 11.0. The van der Waals surface area contributed by atoms with Gasteiger partial charge in [0.15, 0.2) is 0 Å². The first-order valence-electron chi connectivity index (χ1n) is 17.2. The summed E-state index contributed by atoms with van der Waals surface area (Å²) in [6.45, 7) is 17.8. The van der Waals surface area contributed by atoms with Gasteiger partial charge in [0.25, 0.3) is 0 Å². The molecule has 3 unspecified atom stereocenters. The third-order valence-corrected chi connectivity index (χ3v) is 15.3. The number of ether oxygens (including phenoxy) is 1. The Bertz CT molecular complexity index is 1540. The first kappa shape index (κ1) is 35.2. The Labute approximate surface area is 308 Å². The maximum Gasteiger partial charge on any atom is 0.313 e. The van der Waals surface area contributed by atoms with Crippen molar-refractivity contribution in [2.75, 3.05) is 5.73 Å². The Morgan fingerprint density at radius 2 is 1.67 bits per heavy atom. The zero-order valence-electron chi connectivity index (χ0n) is 28.7. The van der Waals surface area contributed by atoms with Crippen LogP contribution in [0.4, 0.5) is 5.82 Å². The fraction of sp³-hybridized carbons (Fsp3) is 0.684. The van der Waals surface area contributed by atoms with Crippen molar-refractivity contribution in [3.05, 3.63) is 57.2 Å². The number of H-pyrrole nitrogens is 1. The average molecular weight is 917 g/mol. The third kappa shape index (κ3) is 5.04. The van der Waals surface area contributed by atoms with E-state index in [1.54, 1.807) is 5.57 Å². The van der Waals surface area contributed by atoms with E-state index in [2.05, 4.69) is 124 Å². The van der Waals surface area contributed by atoms with E-state index in [0.29, 0.717) is 24.3 Å². The molecule has 46 heavy (non-hydrogen) atoms. The second-order valence-electron chi connectivity index (χ2n) is 17.4. The molecule has 0 aliphatic heterocycles. The summed E-state index contributed by atoms with van der Waals surface area (Å²) < 4.78 is 7.60. The van der Waals surface area contributed by atoms with Crippen molar-refractivity contribution in [2.45, 2.75) is 118 Å². The molecule has 8 heteroatoms. The van der Waals surface area contributed by atoms with Crippen molar-refractivity contribution < 1.29 is 9.53 Å². The molecule has 1 aromatic heterocycles. The second-order valence-corrected chi connectivity index (χ2v) is 18.4. The number of fused-ring (bicyclic) bond motifs is 8. The largest absolute Gasteiger partial charge is 0.460 e. The summed E-state index contributed by atoms with van der Waals surface area (Å²) in [5, 5.41) is 7.85. The van der Waals surface area contributed by atoms with Gasteiger partial charge in [0.1, 0.15) is 12.4 Å². The van der Waals surface area contributed by atoms with E-state index in [1.807, 2.05) is 18.2 Å². The van der Waals surface area contributed by atoms with Crippen molar-refractivity contribution >= 4 is 64.9 Å². The van der Waals surface area contributed by atoms with Crippen LogP contribution in [0.25, 0.3) is 0 Å². The molecule has 3 saturated carbocycles. The molecular formula is C38H52BrI2N3O2. The fourth-order valence-electron chi connectivity index (χ4n) is 12.0. The summed E-state index contributed by atoms with van der Waals surface area (Å²) in [5.74, 6) is 1.96. The van der Waals surface area contributed by atoms with Crippen LogP contribution in [-0.4, -0.2) is 16.2 Å². The van der Waals surface area contributed by atoms with Gasteiger partial charge in [0.2, 0.25) is 0 Å². The zero-order chi connectivity index (χ0) is 33.5. The number of nitrogens with two attached hydrogens (primary N) is 1. The number of benzene rings is 1. The standard InChI is InChI=1S/C38H52BrN3O2.I2/c1-33(2)15-17-38(32(43)44-22-23-11-9-8-10-12-23)18-16-37(7)29(25(38)21-33)26(39)19-28-35(5)20-24-30(41-42-31(24)40)34(3,4)27(35)13-14-36(28,37)6;1-2/h8-12,25,27-28H,13-22H2,1-7H3,(H3,40,41,42);/t25?,27?,28?,35-,36+,37+,38-;/m0./s1. The maximum atomic E-state index is 14.3. The Morgan fingerprint density at radius 3 is 2.37 bits per heavy atom. The fourth-order valence-corrected chi connectivity index (χ4v) is 13.0. The van der Waals surface area contributed by atoms with Crippen LogP contribution in [0, 0.1) is 44.8 Å². The van der Waals surface area contributed by atoms with E-state index in [9.17, 15) is 4.79 Å². The summed E-state index contributed by atoms with van der Waals surface area (Å²) >= 11 is 8.53. The van der Waals surface area contributed by atoms with Gasteiger partial charge in [-0.15, -0.1) is 0 Å². The van der Waals surface area contributed by atoms with E-state index in [-0.39, 0.29) is 39.0 Å². The number of allylic oxidation sites excluding steroid dienone is 2. The molecule has 0 saturated heterocycles. The van der Waals surface area contributed by atoms with Crippen LogP contribution in [-0.2, 0) is 28.0 Å². The van der Waals surface area contributed by atoms with E-state index in [1.165, 1.54) is 28.6 Å². The summed E-state index contributed by atoms with van der Waals surface area (Å²) in [4.78, 5) is 14.3. The maximum absolute atomic E-state index is 14.3. The normalized spacial score (nSPS) is 38.5. The first-order valence-corrected chi connectivity index (χ1v) is 24.2. The molecule has 0 amide bonds. The third-order valence-electron chi connectivity index (χ3n) is 14.5. The number of aromatic amines is 1. The average Bonchev–Trinajstić information content (AvgIpc) is 3.38. The van der Waals surface area contributed by atoms with Gasteiger partial charge in [-0.3, -0.25) is 9.89 Å². The van der Waals surface area contributed by atoms with Gasteiger partial charge >= 0.3 is 5.97 Å². The monoisotopic (exact) mass is 915 g/mol. The minimum absolute atomic E-state index is 0.0103. The van der Waals surface area contributed by atoms with E-state index < -0.39 is 5.41 Å². The number of nitrogens with one attached hydrogen (secondary N) is 1. The van der Waals surface area contributed by atoms with Gasteiger partial charge in [0.05, 0.1) is 5.41 Å². The molecule has 5 aliphatic carbocycles. The molecule has 0 bridgehead atoms. The van der Waals surface area contributed by atoms with Crippen molar-refractivity contribution in [3.63, 3.8) is 0 Å². The lowest BCUT2D eigenvalue weighted by atomic mass is 9.33. The van der Waals surface area contributed by atoms with Crippen molar-refractivity contribution in [3.8, 4) is 0 Å². The number of aromatic nitrogens is 2. The minimum atomic E-state index is -0.449. The molecule has 5 aliphatic rings. The zero-order valence-corrected chi connectivity index (χ0v) is 34.6. The number of nitrogens with zero attached hydrogens (tertiary/aromatic N) is 1. The van der Waals surface area contributed by atoms with Crippen LogP contribution in [0.3, 0.4) is 0 Å². The molecule has 0 spiro atoms. The number of carbonyl (C=O) groups is 1. The van der Waals surface area contributed by atoms with Crippen LogP contribution >= 0.6 is 53.2 Å². The van der Waals surface area contributed by atoms with E-state index >= 15 is 0 Å². The van der Waals surface area contributed by atoms with E-state index in [4.69, 9.17) is 10.5 Å². The number of esters is 1. The lowest BCUT2D eigenvalue weighted by molar-refractivity contribution is -0.182. The molecule has 1 aromatic carbocycles. The molecule has 1 heterocycles. The highest BCUT2D eigenvalue weighted by atomic mass is 128. The van der Waals surface area contributed by atoms with Gasteiger partial charge < -0.3 is 10.5 Å². The summed E-state index contributed by atoms with van der Waals surface area (Å²) in [6, 6.07) is 10.2. The molecular weight excluding hydrogens is 864 g/mol. The van der Waals surface area contributed by atoms with Crippen LogP contribution < -0.4 is 5.73 Å². The van der Waals surface area contributed by atoms with Crippen LogP contribution in [0.5, 0.6) is 0 Å². The van der Waals surface area contributed by atoms with Gasteiger partial charge in [-0.25, -0.2) is 0 Å². The van der Waals surface area contributed by atoms with Crippen molar-refractivity contribution in [2.24, 2.45) is 44.8 Å². The highest BCUT2D eigenvalue weighted by molar-refractivity contribution is 15.0. The molecule has 7 rings (SSSR count). The smallest absolute Gasteiger partial charge is 0.313 e. The second kappa shape index (κ2) is 12.0. The number of anilines is 1. The SMILES string of the molecule is CC1(C)CC[C@]2(C(=O)OCc3ccccc3)CC[C@]3(C)C(=C(Br)CC4[C@@]5(C)Cc6c(N)n[nH]c6C(C)(C)C5CC[C@]43C)C2C1.II. The van der Waals surface area contributed by atoms with Crippen LogP contribution in [0.15, 0.2) is 40.4 Å². The first-order chi connectivity index (χ1) is 21.6. The van der Waals surface area contributed by atoms with E-state index in [0.717, 1.165) is 50.5 Å². The predicted molar refractivity (Wildman–Crippen MR) is 208 cm³/mol. The molecule has 0 radical (unpaired) electrons. The lowest BCUT2D eigenvalue weighted by Crippen LogP contribution is -2.65. The summed E-state index contributed by atoms with van der Waals surface area (Å²) in [6.07, 6.45) is 9.39. The highest BCUT2D eigenvalue weighted by Crippen LogP contribution is 2.77. The molecule has 3 fully saturated rings. The van der Waals surface area contributed by atoms with Gasteiger partial charge in [-0.05, 0) is 113 Å². The topological polar surface area (TPSA) is 81.0 Å². The van der Waals surface area contributed by atoms with Crippen LogP contribution in [0.1, 0.15) is 117 Å². The van der Waals surface area contributed by atoms with Crippen LogP contribution in [0.2, 0.25) is 0 Å². The number of hydrogen-bond acceptors (Lipinski definition) is 4. The molecule has 252 valence electrons. The number of nitrogen functional groups attached to an aromatic ring is 1. The summed E-state index contributed by atoms with van der Waals surface area (Å²) in [7, 11) is 0. The number of halogens is 3. The number of rotatable bonds is 3. The van der Waals surface area contributed by atoms with Gasteiger partial charge in [-0.2, -0.15) is 5.10 Å². The quantitative estimate of drug-likeness (QED) is 0.237. The van der Waals surface area contributed by atoms with Gasteiger partial charge in [-0.1, -0.05) is 94.7 Å². The van der Waals surface area contributed by atoms with Crippen molar-refractivity contribution in [1.82, 2.24) is 10.2 Å². The Morgan fingerprint density at radius 1 is 1.00 bits per heavy atom. The molecule has 3 N–H and O–H groups in total. The summed E-state index contributed by atoms with van der Waals surface area (Å²) in [5.41, 5.74) is 11.6. The molecule has 2 aromatic rings. The minimum Gasteiger partial charge on any atom is -0.460 e. The molecule has 5 nitrogen and oxygen atoms in total. The lowest BCUT2D eigenvalue weighted by Gasteiger charge is -2.71. The Kier molecular flexibility index (Phi) is 9.20. The Hall–Kier alpha value is -0.620. The Balaban J connectivity index is 0.00000182. The number of carbonyl (C=O) groups excluding carboxylic acids is 1. The van der Waals surface area contributed by atoms with Gasteiger partial charge in [0, 0.05) is 53.9 Å². The molecule has 7 atom stereocenters.